The number of rotatable bonds is 4. The van der Waals surface area contributed by atoms with Crippen LogP contribution in [0, 0.1) is 6.92 Å². The summed E-state index contributed by atoms with van der Waals surface area (Å²) in [6.45, 7) is 1.27. The lowest BCUT2D eigenvalue weighted by Crippen LogP contribution is -2.16. The Kier molecular flexibility index (Phi) is 5.49. The standard InChI is InChI=1S/C22H16ClF3N4O/c1-12-16(22(24,25)26)9-15(10-27-12)29-20(31)8-13-2-4-14(5-3-13)19-11-28-18-7-6-17(23)21(18)30-19/h2-6,9-11H,7-8H2,1H3,(H,29,31). The molecular weight excluding hydrogens is 429 g/mol. The normalized spacial score (nSPS) is 13.0. The first-order valence-electron chi connectivity index (χ1n) is 9.35. The third kappa shape index (κ3) is 4.59. The summed E-state index contributed by atoms with van der Waals surface area (Å²) in [5, 5.41) is 3.05. The van der Waals surface area contributed by atoms with E-state index in [1.807, 2.05) is 6.08 Å². The number of hydrogen-bond acceptors (Lipinski definition) is 4. The van der Waals surface area contributed by atoms with E-state index < -0.39 is 17.6 Å². The Bertz CT molecular complexity index is 1190. The Labute approximate surface area is 181 Å². The highest BCUT2D eigenvalue weighted by atomic mass is 35.5. The maximum Gasteiger partial charge on any atom is 0.418 e. The summed E-state index contributed by atoms with van der Waals surface area (Å²) >= 11 is 6.14. The predicted molar refractivity (Wildman–Crippen MR) is 111 cm³/mol. The maximum atomic E-state index is 13.0. The average Bonchev–Trinajstić information content (AvgIpc) is 3.09. The van der Waals surface area contributed by atoms with Crippen LogP contribution in [0.5, 0.6) is 0 Å². The molecule has 2 heterocycles. The Morgan fingerprint density at radius 2 is 1.90 bits per heavy atom. The number of benzene rings is 1. The van der Waals surface area contributed by atoms with E-state index in [4.69, 9.17) is 11.6 Å². The number of pyridine rings is 1. The fraction of sp³-hybridized carbons (Fsp3) is 0.182. The van der Waals surface area contributed by atoms with E-state index in [0.717, 1.165) is 17.3 Å². The molecule has 3 aromatic rings. The summed E-state index contributed by atoms with van der Waals surface area (Å²) in [6, 6.07) is 8.02. The zero-order valence-corrected chi connectivity index (χ0v) is 17.1. The average molecular weight is 445 g/mol. The minimum absolute atomic E-state index is 0.0000596. The third-order valence-corrected chi connectivity index (χ3v) is 5.17. The first-order valence-corrected chi connectivity index (χ1v) is 9.73. The molecule has 158 valence electrons. The number of alkyl halides is 3. The number of aryl methyl sites for hydroxylation is 1. The summed E-state index contributed by atoms with van der Waals surface area (Å²) in [5.74, 6) is -0.444. The number of halogens is 4. The maximum absolute atomic E-state index is 13.0. The van der Waals surface area contributed by atoms with Gasteiger partial charge in [0.2, 0.25) is 5.91 Å². The van der Waals surface area contributed by atoms with Crippen molar-refractivity contribution < 1.29 is 18.0 Å². The molecule has 1 aromatic carbocycles. The predicted octanol–water partition coefficient (Wildman–Crippen LogP) is 5.18. The van der Waals surface area contributed by atoms with Gasteiger partial charge < -0.3 is 5.32 Å². The van der Waals surface area contributed by atoms with Gasteiger partial charge in [-0.2, -0.15) is 13.2 Å². The molecule has 0 atom stereocenters. The monoisotopic (exact) mass is 444 g/mol. The SMILES string of the molecule is Cc1ncc(NC(=O)Cc2ccc(-c3cnc4c(n3)C(Cl)=CC4)cc2)cc1C(F)(F)F. The summed E-state index contributed by atoms with van der Waals surface area (Å²) < 4.78 is 39.0. The van der Waals surface area contributed by atoms with Crippen molar-refractivity contribution in [3.05, 3.63) is 77.0 Å². The molecule has 0 aliphatic heterocycles. The minimum atomic E-state index is -4.53. The van der Waals surface area contributed by atoms with Crippen molar-refractivity contribution in [2.45, 2.75) is 25.9 Å². The fourth-order valence-electron chi connectivity index (χ4n) is 3.25. The molecular formula is C22H16ClF3N4O. The van der Waals surface area contributed by atoms with Gasteiger partial charge in [0.1, 0.15) is 5.69 Å². The van der Waals surface area contributed by atoms with Crippen LogP contribution in [0.4, 0.5) is 18.9 Å². The van der Waals surface area contributed by atoms with Gasteiger partial charge in [0.15, 0.2) is 0 Å². The van der Waals surface area contributed by atoms with Crippen molar-refractivity contribution in [1.29, 1.82) is 0 Å². The van der Waals surface area contributed by atoms with Crippen molar-refractivity contribution >= 4 is 28.2 Å². The third-order valence-electron chi connectivity index (χ3n) is 4.84. The van der Waals surface area contributed by atoms with Gasteiger partial charge in [0.05, 0.1) is 46.5 Å². The van der Waals surface area contributed by atoms with E-state index in [0.29, 0.717) is 28.4 Å². The van der Waals surface area contributed by atoms with E-state index in [1.54, 1.807) is 30.5 Å². The molecule has 0 saturated carbocycles. The highest BCUT2D eigenvalue weighted by Gasteiger charge is 2.33. The van der Waals surface area contributed by atoms with Crippen molar-refractivity contribution in [1.82, 2.24) is 15.0 Å². The zero-order chi connectivity index (χ0) is 22.2. The molecule has 1 aliphatic rings. The Hall–Kier alpha value is -3.26. The van der Waals surface area contributed by atoms with Gasteiger partial charge >= 0.3 is 6.18 Å². The first-order chi connectivity index (χ1) is 14.7. The molecule has 5 nitrogen and oxygen atoms in total. The summed E-state index contributed by atoms with van der Waals surface area (Å²) in [6.07, 6.45) is 0.869. The number of anilines is 1. The first kappa shape index (κ1) is 21.0. The number of nitrogens with zero attached hydrogens (tertiary/aromatic N) is 3. The fourth-order valence-corrected chi connectivity index (χ4v) is 3.48. The highest BCUT2D eigenvalue weighted by molar-refractivity contribution is 6.49. The molecule has 0 spiro atoms. The van der Waals surface area contributed by atoms with Crippen LogP contribution in [-0.2, 0) is 23.8 Å². The minimum Gasteiger partial charge on any atom is -0.324 e. The van der Waals surface area contributed by atoms with E-state index in [1.165, 1.54) is 13.1 Å². The number of fused-ring (bicyclic) bond motifs is 1. The quantitative estimate of drug-likeness (QED) is 0.602. The second kappa shape index (κ2) is 8.11. The van der Waals surface area contributed by atoms with Crippen molar-refractivity contribution in [2.75, 3.05) is 5.32 Å². The number of carbonyl (C=O) groups is 1. The van der Waals surface area contributed by atoms with Gasteiger partial charge in [-0.1, -0.05) is 41.9 Å². The van der Waals surface area contributed by atoms with Crippen molar-refractivity contribution in [2.24, 2.45) is 0 Å². The summed E-state index contributed by atoms with van der Waals surface area (Å²) in [4.78, 5) is 24.9. The van der Waals surface area contributed by atoms with Gasteiger partial charge in [-0.25, -0.2) is 4.98 Å². The molecule has 1 amide bonds. The van der Waals surface area contributed by atoms with Crippen LogP contribution in [0.25, 0.3) is 16.3 Å². The van der Waals surface area contributed by atoms with Crippen LogP contribution in [0.2, 0.25) is 0 Å². The number of nitrogens with one attached hydrogen (secondary N) is 1. The highest BCUT2D eigenvalue weighted by Crippen LogP contribution is 2.32. The van der Waals surface area contributed by atoms with Gasteiger partial charge in [-0.3, -0.25) is 14.8 Å². The molecule has 2 aromatic heterocycles. The Morgan fingerprint density at radius 1 is 1.16 bits per heavy atom. The number of allylic oxidation sites excluding steroid dienone is 1. The van der Waals surface area contributed by atoms with Crippen LogP contribution >= 0.6 is 11.6 Å². The number of hydrogen-bond donors (Lipinski definition) is 1. The van der Waals surface area contributed by atoms with Gasteiger partial charge in [-0.05, 0) is 18.6 Å². The number of carbonyl (C=O) groups excluding carboxylic acids is 1. The van der Waals surface area contributed by atoms with E-state index in [-0.39, 0.29) is 17.8 Å². The molecule has 0 bridgehead atoms. The second-order valence-electron chi connectivity index (χ2n) is 7.08. The van der Waals surface area contributed by atoms with E-state index in [9.17, 15) is 18.0 Å². The second-order valence-corrected chi connectivity index (χ2v) is 7.49. The summed E-state index contributed by atoms with van der Waals surface area (Å²) in [7, 11) is 0. The molecule has 1 aliphatic carbocycles. The Morgan fingerprint density at radius 3 is 2.61 bits per heavy atom. The molecule has 0 unspecified atom stereocenters. The van der Waals surface area contributed by atoms with E-state index in [2.05, 4.69) is 20.3 Å². The zero-order valence-electron chi connectivity index (χ0n) is 16.3. The molecule has 4 rings (SSSR count). The van der Waals surface area contributed by atoms with Crippen molar-refractivity contribution in [3.63, 3.8) is 0 Å². The van der Waals surface area contributed by atoms with Gasteiger partial charge in [-0.15, -0.1) is 0 Å². The van der Waals surface area contributed by atoms with Crippen LogP contribution < -0.4 is 5.32 Å². The lowest BCUT2D eigenvalue weighted by Gasteiger charge is -2.12. The smallest absolute Gasteiger partial charge is 0.324 e. The number of aromatic nitrogens is 3. The van der Waals surface area contributed by atoms with Crippen LogP contribution in [0.3, 0.4) is 0 Å². The molecule has 9 heteroatoms. The molecule has 1 N–H and O–H groups in total. The van der Waals surface area contributed by atoms with Gasteiger partial charge in [0.25, 0.3) is 0 Å². The van der Waals surface area contributed by atoms with Gasteiger partial charge in [0, 0.05) is 17.7 Å². The van der Waals surface area contributed by atoms with Crippen molar-refractivity contribution in [3.8, 4) is 11.3 Å². The van der Waals surface area contributed by atoms with Crippen LogP contribution in [0.1, 0.15) is 28.2 Å². The molecule has 0 fully saturated rings. The molecule has 0 saturated heterocycles. The summed E-state index contributed by atoms with van der Waals surface area (Å²) in [5.41, 5.74) is 2.66. The van der Waals surface area contributed by atoms with Crippen LogP contribution in [-0.4, -0.2) is 20.9 Å². The topological polar surface area (TPSA) is 67.8 Å². The molecule has 0 radical (unpaired) electrons. The molecule has 31 heavy (non-hydrogen) atoms. The van der Waals surface area contributed by atoms with Crippen LogP contribution in [0.15, 0.2) is 48.8 Å². The van der Waals surface area contributed by atoms with E-state index >= 15 is 0 Å². The lowest BCUT2D eigenvalue weighted by molar-refractivity contribution is -0.138. The number of amides is 1. The largest absolute Gasteiger partial charge is 0.418 e. The lowest BCUT2D eigenvalue weighted by atomic mass is 10.1. The Balaban J connectivity index is 1.45.